The molecule has 2 fully saturated rings. The molecule has 0 bridgehead atoms. The third kappa shape index (κ3) is 3.93. The van der Waals surface area contributed by atoms with Gasteiger partial charge in [-0.05, 0) is 55.9 Å². The molecule has 1 atom stereocenters. The van der Waals surface area contributed by atoms with E-state index >= 15 is 0 Å². The molecule has 154 valence electrons. The number of furan rings is 1. The van der Waals surface area contributed by atoms with Gasteiger partial charge in [-0.25, -0.2) is 0 Å². The van der Waals surface area contributed by atoms with Crippen LogP contribution in [-0.4, -0.2) is 47.5 Å². The SMILES string of the molecule is O=C(C[C@H]1CC2(CCN(Cc3ccco3)CC2)Oc2ccccc21)N1CCCC1. The van der Waals surface area contributed by atoms with Gasteiger partial charge in [0.25, 0.3) is 0 Å². The summed E-state index contributed by atoms with van der Waals surface area (Å²) in [7, 11) is 0. The maximum absolute atomic E-state index is 12.9. The first-order chi connectivity index (χ1) is 14.2. The lowest BCUT2D eigenvalue weighted by molar-refractivity contribution is -0.131. The van der Waals surface area contributed by atoms with Crippen molar-refractivity contribution >= 4 is 5.91 Å². The van der Waals surface area contributed by atoms with Crippen molar-refractivity contribution in [1.29, 1.82) is 0 Å². The van der Waals surface area contributed by atoms with Crippen LogP contribution < -0.4 is 4.74 Å². The summed E-state index contributed by atoms with van der Waals surface area (Å²) in [6, 6.07) is 12.3. The average Bonchev–Trinajstić information content (AvgIpc) is 3.44. The lowest BCUT2D eigenvalue weighted by Gasteiger charge is -2.47. The number of carbonyl (C=O) groups is 1. The number of para-hydroxylation sites is 1. The Labute approximate surface area is 172 Å². The Morgan fingerprint density at radius 3 is 2.59 bits per heavy atom. The quantitative estimate of drug-likeness (QED) is 0.780. The minimum absolute atomic E-state index is 0.149. The molecular weight excluding hydrogens is 364 g/mol. The van der Waals surface area contributed by atoms with Crippen molar-refractivity contribution in [3.8, 4) is 5.75 Å². The fourth-order valence-corrected chi connectivity index (χ4v) is 5.28. The van der Waals surface area contributed by atoms with Crippen molar-refractivity contribution in [2.45, 2.75) is 56.6 Å². The van der Waals surface area contributed by atoms with Gasteiger partial charge in [0.15, 0.2) is 0 Å². The second-order valence-electron chi connectivity index (χ2n) is 8.87. The summed E-state index contributed by atoms with van der Waals surface area (Å²) in [4.78, 5) is 17.4. The molecular formula is C24H30N2O3. The standard InChI is InChI=1S/C24H30N2O3/c27-23(26-11-3-4-12-26)16-19-17-24(29-22-8-2-1-7-21(19)22)9-13-25(14-10-24)18-20-6-5-15-28-20/h1-2,5-8,15,19H,3-4,9-14,16-18H2/t19-/m0/s1. The predicted molar refractivity (Wildman–Crippen MR) is 111 cm³/mol. The summed E-state index contributed by atoms with van der Waals surface area (Å²) >= 11 is 0. The maximum Gasteiger partial charge on any atom is 0.223 e. The first kappa shape index (κ1) is 18.7. The molecule has 0 unspecified atom stereocenters. The minimum Gasteiger partial charge on any atom is -0.487 e. The summed E-state index contributed by atoms with van der Waals surface area (Å²) in [6.45, 7) is 4.70. The van der Waals surface area contributed by atoms with E-state index in [2.05, 4.69) is 28.0 Å². The van der Waals surface area contributed by atoms with E-state index in [4.69, 9.17) is 9.15 Å². The van der Waals surface area contributed by atoms with Crippen molar-refractivity contribution in [2.75, 3.05) is 26.2 Å². The molecule has 3 aliphatic heterocycles. The molecule has 5 rings (SSSR count). The number of likely N-dealkylation sites (tertiary alicyclic amines) is 2. The Hall–Kier alpha value is -2.27. The molecule has 0 N–H and O–H groups in total. The predicted octanol–water partition coefficient (Wildman–Crippen LogP) is 4.19. The van der Waals surface area contributed by atoms with Gasteiger partial charge in [0.2, 0.25) is 5.91 Å². The monoisotopic (exact) mass is 394 g/mol. The van der Waals surface area contributed by atoms with Crippen LogP contribution in [0.15, 0.2) is 47.1 Å². The molecule has 29 heavy (non-hydrogen) atoms. The summed E-state index contributed by atoms with van der Waals surface area (Å²) < 4.78 is 12.1. The van der Waals surface area contributed by atoms with Crippen LogP contribution in [0.4, 0.5) is 0 Å². The van der Waals surface area contributed by atoms with E-state index in [1.54, 1.807) is 6.26 Å². The zero-order valence-electron chi connectivity index (χ0n) is 17.0. The van der Waals surface area contributed by atoms with E-state index in [9.17, 15) is 4.79 Å². The van der Waals surface area contributed by atoms with E-state index in [1.165, 1.54) is 5.56 Å². The molecule has 2 aromatic rings. The van der Waals surface area contributed by atoms with E-state index in [0.717, 1.165) is 76.3 Å². The Bertz CT molecular complexity index is 834. The third-order valence-electron chi connectivity index (χ3n) is 6.91. The fourth-order valence-electron chi connectivity index (χ4n) is 5.28. The average molecular weight is 395 g/mol. The van der Waals surface area contributed by atoms with Crippen LogP contribution in [0.5, 0.6) is 5.75 Å². The topological polar surface area (TPSA) is 45.9 Å². The molecule has 1 spiro atoms. The number of piperidine rings is 1. The molecule has 0 radical (unpaired) electrons. The molecule has 0 saturated carbocycles. The summed E-state index contributed by atoms with van der Waals surface area (Å²) in [5, 5.41) is 0. The van der Waals surface area contributed by atoms with Crippen LogP contribution in [0.3, 0.4) is 0 Å². The number of rotatable bonds is 4. The second kappa shape index (κ2) is 7.86. The Balaban J connectivity index is 1.29. The number of hydrogen-bond donors (Lipinski definition) is 0. The van der Waals surface area contributed by atoms with Gasteiger partial charge >= 0.3 is 0 Å². The van der Waals surface area contributed by atoms with Gasteiger partial charge in [-0.15, -0.1) is 0 Å². The third-order valence-corrected chi connectivity index (χ3v) is 6.91. The van der Waals surface area contributed by atoms with Gasteiger partial charge in [-0.1, -0.05) is 18.2 Å². The Morgan fingerprint density at radius 2 is 1.83 bits per heavy atom. The number of nitrogens with zero attached hydrogens (tertiary/aromatic N) is 2. The van der Waals surface area contributed by atoms with E-state index in [1.807, 2.05) is 18.2 Å². The van der Waals surface area contributed by atoms with Gasteiger partial charge < -0.3 is 14.1 Å². The lowest BCUT2D eigenvalue weighted by atomic mass is 9.76. The molecule has 5 nitrogen and oxygen atoms in total. The molecule has 1 aromatic carbocycles. The minimum atomic E-state index is -0.149. The Kier molecular flexibility index (Phi) is 5.08. The van der Waals surface area contributed by atoms with Crippen LogP contribution in [0.1, 0.15) is 55.8 Å². The van der Waals surface area contributed by atoms with Gasteiger partial charge in [-0.3, -0.25) is 9.69 Å². The largest absolute Gasteiger partial charge is 0.487 e. The molecule has 2 saturated heterocycles. The highest BCUT2D eigenvalue weighted by Gasteiger charge is 2.44. The molecule has 3 aliphatic rings. The molecule has 0 aliphatic carbocycles. The molecule has 1 amide bonds. The highest BCUT2D eigenvalue weighted by molar-refractivity contribution is 5.77. The van der Waals surface area contributed by atoms with Crippen LogP contribution >= 0.6 is 0 Å². The molecule has 1 aromatic heterocycles. The van der Waals surface area contributed by atoms with Crippen LogP contribution in [0, 0.1) is 0 Å². The van der Waals surface area contributed by atoms with E-state index < -0.39 is 0 Å². The van der Waals surface area contributed by atoms with E-state index in [0.29, 0.717) is 12.3 Å². The Morgan fingerprint density at radius 1 is 1.03 bits per heavy atom. The number of carbonyl (C=O) groups excluding carboxylic acids is 1. The zero-order valence-corrected chi connectivity index (χ0v) is 17.0. The maximum atomic E-state index is 12.9. The van der Waals surface area contributed by atoms with Crippen molar-refractivity contribution in [2.24, 2.45) is 0 Å². The van der Waals surface area contributed by atoms with Crippen LogP contribution in [0.2, 0.25) is 0 Å². The van der Waals surface area contributed by atoms with Crippen molar-refractivity contribution in [3.63, 3.8) is 0 Å². The summed E-state index contributed by atoms with van der Waals surface area (Å²) in [5.74, 6) is 2.57. The highest BCUT2D eigenvalue weighted by atomic mass is 16.5. The number of fused-ring (bicyclic) bond motifs is 1. The number of ether oxygens (including phenoxy) is 1. The van der Waals surface area contributed by atoms with Crippen LogP contribution in [-0.2, 0) is 11.3 Å². The second-order valence-corrected chi connectivity index (χ2v) is 8.87. The first-order valence-electron chi connectivity index (χ1n) is 11.0. The summed E-state index contributed by atoms with van der Waals surface area (Å²) in [5.41, 5.74) is 1.06. The van der Waals surface area contributed by atoms with E-state index in [-0.39, 0.29) is 11.5 Å². The van der Waals surface area contributed by atoms with Crippen molar-refractivity contribution in [3.05, 3.63) is 54.0 Å². The lowest BCUT2D eigenvalue weighted by Crippen LogP contribution is -2.50. The van der Waals surface area contributed by atoms with Gasteiger partial charge in [0.05, 0.1) is 12.8 Å². The highest BCUT2D eigenvalue weighted by Crippen LogP contribution is 2.46. The normalized spacial score (nSPS) is 23.7. The first-order valence-corrected chi connectivity index (χ1v) is 11.0. The molecule has 4 heterocycles. The number of amides is 1. The smallest absolute Gasteiger partial charge is 0.223 e. The van der Waals surface area contributed by atoms with Crippen molar-refractivity contribution < 1.29 is 13.9 Å². The van der Waals surface area contributed by atoms with Crippen molar-refractivity contribution in [1.82, 2.24) is 9.80 Å². The fraction of sp³-hybridized carbons (Fsp3) is 0.542. The van der Waals surface area contributed by atoms with Gasteiger partial charge in [0, 0.05) is 38.5 Å². The summed E-state index contributed by atoms with van der Waals surface area (Å²) in [6.07, 6.45) is 7.57. The van der Waals surface area contributed by atoms with Gasteiger partial charge in [-0.2, -0.15) is 0 Å². The van der Waals surface area contributed by atoms with Gasteiger partial charge in [0.1, 0.15) is 17.1 Å². The number of benzene rings is 1. The number of hydrogen-bond acceptors (Lipinski definition) is 4. The zero-order chi connectivity index (χ0) is 19.7. The van der Waals surface area contributed by atoms with Crippen LogP contribution in [0.25, 0.3) is 0 Å². The molecule has 5 heteroatoms.